The highest BCUT2D eigenvalue weighted by Gasteiger charge is 2.18. The number of hydrogen-bond donors (Lipinski definition) is 2. The molecule has 0 saturated carbocycles. The van der Waals surface area contributed by atoms with Gasteiger partial charge in [0.25, 0.3) is 5.91 Å². The molecule has 0 fully saturated rings. The number of benzene rings is 1. The van der Waals surface area contributed by atoms with Crippen LogP contribution in [0.4, 0.5) is 0 Å². The number of carboxylic acids is 1. The number of nitrogens with zero attached hydrogens (tertiary/aromatic N) is 1. The molecule has 1 aromatic heterocycles. The number of aliphatic carboxylic acids is 1. The maximum Gasteiger partial charge on any atom is 0.305 e. The van der Waals surface area contributed by atoms with Crippen LogP contribution in [0.15, 0.2) is 18.2 Å². The third-order valence-corrected chi connectivity index (χ3v) is 3.84. The van der Waals surface area contributed by atoms with Crippen LogP contribution in [0.25, 0.3) is 10.9 Å². The van der Waals surface area contributed by atoms with E-state index < -0.39 is 5.97 Å². The van der Waals surface area contributed by atoms with E-state index in [1.807, 2.05) is 39.0 Å². The Morgan fingerprint density at radius 2 is 2.00 bits per heavy atom. The van der Waals surface area contributed by atoms with Crippen LogP contribution >= 0.6 is 0 Å². The van der Waals surface area contributed by atoms with Gasteiger partial charge in [0.15, 0.2) is 0 Å². The van der Waals surface area contributed by atoms with Crippen LogP contribution in [0, 0.1) is 13.8 Å². The monoisotopic (exact) mass is 288 g/mol. The highest BCUT2D eigenvalue weighted by atomic mass is 16.4. The van der Waals surface area contributed by atoms with Crippen molar-refractivity contribution in [2.45, 2.75) is 27.2 Å². The largest absolute Gasteiger partial charge is 0.481 e. The molecule has 0 saturated heterocycles. The molecule has 21 heavy (non-hydrogen) atoms. The fourth-order valence-corrected chi connectivity index (χ4v) is 2.38. The molecule has 1 heterocycles. The van der Waals surface area contributed by atoms with Gasteiger partial charge in [-0.15, -0.1) is 0 Å². The standard InChI is InChI=1S/C16H20N2O3/c1-4-18(8-7-15(19)20)16(21)14-9-12-11(3)10(2)5-6-13(12)17-14/h5-6,9,17H,4,7-8H2,1-3H3,(H,19,20). The van der Waals surface area contributed by atoms with E-state index >= 15 is 0 Å². The van der Waals surface area contributed by atoms with E-state index in [9.17, 15) is 9.59 Å². The van der Waals surface area contributed by atoms with Gasteiger partial charge in [-0.1, -0.05) is 6.07 Å². The van der Waals surface area contributed by atoms with Gasteiger partial charge in [0.05, 0.1) is 6.42 Å². The number of carboxylic acid groups (broad SMARTS) is 1. The average Bonchev–Trinajstić information content (AvgIpc) is 2.88. The number of aromatic amines is 1. The van der Waals surface area contributed by atoms with E-state index in [-0.39, 0.29) is 18.9 Å². The van der Waals surface area contributed by atoms with Crippen molar-refractivity contribution in [2.24, 2.45) is 0 Å². The van der Waals surface area contributed by atoms with E-state index in [1.54, 1.807) is 4.90 Å². The molecule has 5 nitrogen and oxygen atoms in total. The molecule has 0 unspecified atom stereocenters. The van der Waals surface area contributed by atoms with Crippen molar-refractivity contribution in [3.05, 3.63) is 35.0 Å². The van der Waals surface area contributed by atoms with E-state index in [4.69, 9.17) is 5.11 Å². The van der Waals surface area contributed by atoms with Gasteiger partial charge in [0, 0.05) is 24.0 Å². The maximum absolute atomic E-state index is 12.5. The van der Waals surface area contributed by atoms with Crippen molar-refractivity contribution >= 4 is 22.8 Å². The summed E-state index contributed by atoms with van der Waals surface area (Å²) >= 11 is 0. The SMILES string of the molecule is CCN(CCC(=O)O)C(=O)c1cc2c(C)c(C)ccc2[nH]1. The summed E-state index contributed by atoms with van der Waals surface area (Å²) < 4.78 is 0. The zero-order valence-corrected chi connectivity index (χ0v) is 12.6. The van der Waals surface area contributed by atoms with E-state index in [0.717, 1.165) is 16.5 Å². The number of carbonyl (C=O) groups is 2. The molecular weight excluding hydrogens is 268 g/mol. The molecule has 2 rings (SSSR count). The first-order chi connectivity index (χ1) is 9.93. The highest BCUT2D eigenvalue weighted by molar-refractivity contribution is 5.99. The molecule has 0 aliphatic rings. The molecule has 0 radical (unpaired) electrons. The number of nitrogens with one attached hydrogen (secondary N) is 1. The fraction of sp³-hybridized carbons (Fsp3) is 0.375. The molecule has 2 aromatic rings. The zero-order chi connectivity index (χ0) is 15.6. The van der Waals surface area contributed by atoms with Crippen LogP contribution in [0.5, 0.6) is 0 Å². The summed E-state index contributed by atoms with van der Waals surface area (Å²) in [6.45, 7) is 6.62. The minimum Gasteiger partial charge on any atom is -0.481 e. The van der Waals surface area contributed by atoms with E-state index in [2.05, 4.69) is 4.98 Å². The zero-order valence-electron chi connectivity index (χ0n) is 12.6. The second kappa shape index (κ2) is 5.99. The van der Waals surface area contributed by atoms with Crippen molar-refractivity contribution < 1.29 is 14.7 Å². The van der Waals surface area contributed by atoms with E-state index in [0.29, 0.717) is 12.2 Å². The fourth-order valence-electron chi connectivity index (χ4n) is 2.38. The molecule has 5 heteroatoms. The second-order valence-electron chi connectivity index (χ2n) is 5.18. The highest BCUT2D eigenvalue weighted by Crippen LogP contribution is 2.23. The lowest BCUT2D eigenvalue weighted by atomic mass is 10.1. The van der Waals surface area contributed by atoms with Gasteiger partial charge in [-0.2, -0.15) is 0 Å². The van der Waals surface area contributed by atoms with Crippen LogP contribution in [-0.4, -0.2) is 40.0 Å². The first-order valence-corrected chi connectivity index (χ1v) is 7.04. The molecular formula is C16H20N2O3. The minimum absolute atomic E-state index is 0.0437. The van der Waals surface area contributed by atoms with E-state index in [1.165, 1.54) is 5.56 Å². The molecule has 0 bridgehead atoms. The van der Waals surface area contributed by atoms with Crippen LogP contribution in [0.2, 0.25) is 0 Å². The Bertz CT molecular complexity index is 688. The van der Waals surface area contributed by atoms with Gasteiger partial charge in [-0.3, -0.25) is 9.59 Å². The first kappa shape index (κ1) is 15.1. The summed E-state index contributed by atoms with van der Waals surface area (Å²) in [5, 5.41) is 9.78. The molecule has 2 N–H and O–H groups in total. The number of aryl methyl sites for hydroxylation is 2. The topological polar surface area (TPSA) is 73.4 Å². The van der Waals surface area contributed by atoms with Gasteiger partial charge >= 0.3 is 5.97 Å². The Balaban J connectivity index is 2.30. The second-order valence-corrected chi connectivity index (χ2v) is 5.18. The van der Waals surface area contributed by atoms with Gasteiger partial charge in [0.1, 0.15) is 5.69 Å². The number of fused-ring (bicyclic) bond motifs is 1. The summed E-state index contributed by atoms with van der Waals surface area (Å²) in [6, 6.07) is 5.83. The lowest BCUT2D eigenvalue weighted by Gasteiger charge is -2.18. The van der Waals surface area contributed by atoms with Crippen LogP contribution in [0.3, 0.4) is 0 Å². The Kier molecular flexibility index (Phi) is 4.31. The number of carbonyl (C=O) groups excluding carboxylic acids is 1. The van der Waals surface area contributed by atoms with Crippen molar-refractivity contribution in [1.82, 2.24) is 9.88 Å². The predicted octanol–water partition coefficient (Wildman–Crippen LogP) is 2.72. The van der Waals surface area contributed by atoms with Gasteiger partial charge in [-0.05, 0) is 44.0 Å². The van der Waals surface area contributed by atoms with Gasteiger partial charge in [0.2, 0.25) is 0 Å². The molecule has 112 valence electrons. The summed E-state index contributed by atoms with van der Waals surface area (Å²) in [5.41, 5.74) is 3.76. The van der Waals surface area contributed by atoms with Gasteiger partial charge < -0.3 is 15.0 Å². The van der Waals surface area contributed by atoms with Crippen LogP contribution in [-0.2, 0) is 4.79 Å². The summed E-state index contributed by atoms with van der Waals surface area (Å²) in [4.78, 5) is 27.8. The maximum atomic E-state index is 12.5. The third-order valence-electron chi connectivity index (χ3n) is 3.84. The lowest BCUT2D eigenvalue weighted by Crippen LogP contribution is -2.33. The molecule has 0 spiro atoms. The van der Waals surface area contributed by atoms with Crippen molar-refractivity contribution in [1.29, 1.82) is 0 Å². The van der Waals surface area contributed by atoms with Crippen LogP contribution in [0.1, 0.15) is 35.0 Å². The summed E-state index contributed by atoms with van der Waals surface area (Å²) in [7, 11) is 0. The molecule has 0 atom stereocenters. The predicted molar refractivity (Wildman–Crippen MR) is 81.6 cm³/mol. The number of amides is 1. The third kappa shape index (κ3) is 3.07. The molecule has 1 aromatic carbocycles. The van der Waals surface area contributed by atoms with Crippen LogP contribution < -0.4 is 0 Å². The normalized spacial score (nSPS) is 10.8. The minimum atomic E-state index is -0.899. The Morgan fingerprint density at radius 3 is 2.62 bits per heavy atom. The molecule has 1 amide bonds. The van der Waals surface area contributed by atoms with Crippen molar-refractivity contribution in [2.75, 3.05) is 13.1 Å². The quantitative estimate of drug-likeness (QED) is 0.888. The number of H-pyrrole nitrogens is 1. The van der Waals surface area contributed by atoms with Gasteiger partial charge in [-0.25, -0.2) is 0 Å². The Hall–Kier alpha value is -2.30. The average molecular weight is 288 g/mol. The molecule has 0 aliphatic heterocycles. The summed E-state index contributed by atoms with van der Waals surface area (Å²) in [5.74, 6) is -1.06. The van der Waals surface area contributed by atoms with Crippen molar-refractivity contribution in [3.8, 4) is 0 Å². The lowest BCUT2D eigenvalue weighted by molar-refractivity contribution is -0.137. The Labute approximate surface area is 123 Å². The summed E-state index contributed by atoms with van der Waals surface area (Å²) in [6.07, 6.45) is -0.0437. The number of rotatable bonds is 5. The van der Waals surface area contributed by atoms with Crippen molar-refractivity contribution in [3.63, 3.8) is 0 Å². The Morgan fingerprint density at radius 1 is 1.29 bits per heavy atom. The first-order valence-electron chi connectivity index (χ1n) is 7.04. The molecule has 0 aliphatic carbocycles. The smallest absolute Gasteiger partial charge is 0.305 e. The number of aromatic nitrogens is 1. The number of hydrogen-bond acceptors (Lipinski definition) is 2.